The molecular weight excluding hydrogens is 208 g/mol. The van der Waals surface area contributed by atoms with E-state index in [0.29, 0.717) is 13.2 Å². The first-order valence-corrected chi connectivity index (χ1v) is 5.24. The maximum atomic E-state index is 10.3. The van der Waals surface area contributed by atoms with Gasteiger partial charge < -0.3 is 15.8 Å². The van der Waals surface area contributed by atoms with Crippen LogP contribution in [0.5, 0.6) is 0 Å². The standard InChI is InChI=1S/C10H18N4O2/c1-14-9(3-5-13-14)2-4-12-6-7-16-8-10(11)15/h3,5,12H,2,4,6-8H2,1H3,(H2,11,15). The smallest absolute Gasteiger partial charge is 0.243 e. The molecule has 1 aromatic rings. The number of hydrogen-bond donors (Lipinski definition) is 2. The van der Waals surface area contributed by atoms with Crippen molar-refractivity contribution in [3.05, 3.63) is 18.0 Å². The van der Waals surface area contributed by atoms with Gasteiger partial charge in [-0.1, -0.05) is 0 Å². The maximum Gasteiger partial charge on any atom is 0.243 e. The van der Waals surface area contributed by atoms with Crippen LogP contribution in [0.25, 0.3) is 0 Å². The molecule has 16 heavy (non-hydrogen) atoms. The molecule has 0 aromatic carbocycles. The predicted octanol–water partition coefficient (Wildman–Crippen LogP) is -0.946. The van der Waals surface area contributed by atoms with Gasteiger partial charge in [0.15, 0.2) is 0 Å². The summed E-state index contributed by atoms with van der Waals surface area (Å²) in [6.07, 6.45) is 2.71. The molecule has 90 valence electrons. The fourth-order valence-electron chi connectivity index (χ4n) is 1.31. The first-order valence-electron chi connectivity index (χ1n) is 5.24. The molecule has 0 atom stereocenters. The first kappa shape index (κ1) is 12.7. The average Bonchev–Trinajstić information content (AvgIpc) is 2.62. The lowest BCUT2D eigenvalue weighted by molar-refractivity contribution is -0.122. The number of hydrogen-bond acceptors (Lipinski definition) is 4. The third kappa shape index (κ3) is 4.90. The molecule has 0 aliphatic rings. The summed E-state index contributed by atoms with van der Waals surface area (Å²) in [5.74, 6) is -0.435. The predicted molar refractivity (Wildman–Crippen MR) is 59.8 cm³/mol. The van der Waals surface area contributed by atoms with Crippen molar-refractivity contribution in [3.8, 4) is 0 Å². The zero-order valence-electron chi connectivity index (χ0n) is 9.48. The third-order valence-electron chi connectivity index (χ3n) is 2.15. The van der Waals surface area contributed by atoms with Crippen LogP contribution in [0.3, 0.4) is 0 Å². The van der Waals surface area contributed by atoms with Crippen molar-refractivity contribution < 1.29 is 9.53 Å². The number of aromatic nitrogens is 2. The summed E-state index contributed by atoms with van der Waals surface area (Å²) in [6.45, 7) is 2.06. The second-order valence-corrected chi connectivity index (χ2v) is 3.47. The molecule has 0 aliphatic heterocycles. The normalized spacial score (nSPS) is 10.6. The van der Waals surface area contributed by atoms with E-state index in [1.165, 1.54) is 5.69 Å². The van der Waals surface area contributed by atoms with Gasteiger partial charge in [-0.05, 0) is 6.07 Å². The van der Waals surface area contributed by atoms with Crippen molar-refractivity contribution in [2.75, 3.05) is 26.3 Å². The fourth-order valence-corrected chi connectivity index (χ4v) is 1.31. The van der Waals surface area contributed by atoms with Gasteiger partial charge in [-0.15, -0.1) is 0 Å². The van der Waals surface area contributed by atoms with Crippen LogP contribution in [-0.2, 0) is 23.0 Å². The molecule has 0 aliphatic carbocycles. The number of ether oxygens (including phenoxy) is 1. The van der Waals surface area contributed by atoms with E-state index in [1.54, 1.807) is 6.20 Å². The molecule has 0 bridgehead atoms. The van der Waals surface area contributed by atoms with Crippen LogP contribution >= 0.6 is 0 Å². The highest BCUT2D eigenvalue weighted by molar-refractivity contribution is 5.74. The molecule has 1 heterocycles. The summed E-state index contributed by atoms with van der Waals surface area (Å²) in [5.41, 5.74) is 6.11. The Hall–Kier alpha value is -1.40. The van der Waals surface area contributed by atoms with Gasteiger partial charge in [0.1, 0.15) is 6.61 Å². The molecule has 0 unspecified atom stereocenters. The van der Waals surface area contributed by atoms with Gasteiger partial charge in [0.2, 0.25) is 5.91 Å². The van der Waals surface area contributed by atoms with E-state index >= 15 is 0 Å². The number of carbonyl (C=O) groups is 1. The number of nitrogens with two attached hydrogens (primary N) is 1. The van der Waals surface area contributed by atoms with E-state index < -0.39 is 5.91 Å². The van der Waals surface area contributed by atoms with E-state index in [4.69, 9.17) is 10.5 Å². The van der Waals surface area contributed by atoms with Crippen LogP contribution in [0.4, 0.5) is 0 Å². The number of aryl methyl sites for hydroxylation is 1. The Morgan fingerprint density at radius 2 is 2.44 bits per heavy atom. The zero-order valence-corrected chi connectivity index (χ0v) is 9.48. The second kappa shape index (κ2) is 6.97. The Labute approximate surface area is 94.8 Å². The zero-order chi connectivity index (χ0) is 11.8. The highest BCUT2D eigenvalue weighted by Crippen LogP contribution is 1.95. The number of rotatable bonds is 8. The highest BCUT2D eigenvalue weighted by Gasteiger charge is 1.97. The van der Waals surface area contributed by atoms with Gasteiger partial charge in [-0.2, -0.15) is 5.10 Å². The molecule has 0 fully saturated rings. The summed E-state index contributed by atoms with van der Waals surface area (Å²) in [5, 5.41) is 7.28. The summed E-state index contributed by atoms with van der Waals surface area (Å²) in [4.78, 5) is 10.3. The van der Waals surface area contributed by atoms with Crippen molar-refractivity contribution in [1.82, 2.24) is 15.1 Å². The van der Waals surface area contributed by atoms with Crippen molar-refractivity contribution >= 4 is 5.91 Å². The lowest BCUT2D eigenvalue weighted by Gasteiger charge is -2.05. The van der Waals surface area contributed by atoms with Crippen LogP contribution in [0.15, 0.2) is 12.3 Å². The van der Waals surface area contributed by atoms with Gasteiger partial charge in [0, 0.05) is 38.4 Å². The van der Waals surface area contributed by atoms with E-state index in [9.17, 15) is 4.79 Å². The first-order chi connectivity index (χ1) is 7.70. The Morgan fingerprint density at radius 1 is 1.62 bits per heavy atom. The molecule has 0 saturated heterocycles. The Bertz CT molecular complexity index is 324. The molecule has 0 spiro atoms. The van der Waals surface area contributed by atoms with Crippen LogP contribution in [0.2, 0.25) is 0 Å². The number of nitrogens with zero attached hydrogens (tertiary/aromatic N) is 2. The number of amides is 1. The Morgan fingerprint density at radius 3 is 3.06 bits per heavy atom. The molecule has 6 nitrogen and oxygen atoms in total. The highest BCUT2D eigenvalue weighted by atomic mass is 16.5. The Kier molecular flexibility index (Phi) is 5.52. The monoisotopic (exact) mass is 226 g/mol. The van der Waals surface area contributed by atoms with Crippen LogP contribution in [0.1, 0.15) is 5.69 Å². The van der Waals surface area contributed by atoms with Gasteiger partial charge in [-0.3, -0.25) is 9.48 Å². The lowest BCUT2D eigenvalue weighted by Crippen LogP contribution is -2.25. The fraction of sp³-hybridized carbons (Fsp3) is 0.600. The number of carbonyl (C=O) groups excluding carboxylic acids is 1. The van der Waals surface area contributed by atoms with Crippen molar-refractivity contribution in [3.63, 3.8) is 0 Å². The summed E-state index contributed by atoms with van der Waals surface area (Å²) < 4.78 is 6.85. The van der Waals surface area contributed by atoms with E-state index in [1.807, 2.05) is 17.8 Å². The summed E-state index contributed by atoms with van der Waals surface area (Å²) >= 11 is 0. The van der Waals surface area contributed by atoms with Crippen LogP contribution in [-0.4, -0.2) is 42.0 Å². The third-order valence-corrected chi connectivity index (χ3v) is 2.15. The van der Waals surface area contributed by atoms with Gasteiger partial charge in [0.05, 0.1) is 6.61 Å². The molecule has 6 heteroatoms. The molecule has 0 radical (unpaired) electrons. The minimum Gasteiger partial charge on any atom is -0.370 e. The minimum atomic E-state index is -0.435. The minimum absolute atomic E-state index is 0.0105. The van der Waals surface area contributed by atoms with Gasteiger partial charge in [-0.25, -0.2) is 0 Å². The maximum absolute atomic E-state index is 10.3. The summed E-state index contributed by atoms with van der Waals surface area (Å²) in [6, 6.07) is 1.99. The van der Waals surface area contributed by atoms with E-state index in [0.717, 1.165) is 13.0 Å². The Balaban J connectivity index is 1.96. The molecular formula is C10H18N4O2. The van der Waals surface area contributed by atoms with E-state index in [-0.39, 0.29) is 6.61 Å². The lowest BCUT2D eigenvalue weighted by atomic mass is 10.3. The van der Waals surface area contributed by atoms with Crippen LogP contribution < -0.4 is 11.1 Å². The number of nitrogens with one attached hydrogen (secondary N) is 1. The van der Waals surface area contributed by atoms with Gasteiger partial charge in [0.25, 0.3) is 0 Å². The molecule has 0 saturated carbocycles. The molecule has 1 amide bonds. The SMILES string of the molecule is Cn1nccc1CCNCCOCC(N)=O. The molecule has 1 aromatic heterocycles. The van der Waals surface area contributed by atoms with Gasteiger partial charge >= 0.3 is 0 Å². The quantitative estimate of drug-likeness (QED) is 0.560. The van der Waals surface area contributed by atoms with Crippen LogP contribution in [0, 0.1) is 0 Å². The van der Waals surface area contributed by atoms with Crippen molar-refractivity contribution in [1.29, 1.82) is 0 Å². The number of primary amides is 1. The van der Waals surface area contributed by atoms with E-state index in [2.05, 4.69) is 10.4 Å². The largest absolute Gasteiger partial charge is 0.370 e. The van der Waals surface area contributed by atoms with Crippen molar-refractivity contribution in [2.45, 2.75) is 6.42 Å². The second-order valence-electron chi connectivity index (χ2n) is 3.47. The molecule has 3 N–H and O–H groups in total. The topological polar surface area (TPSA) is 82.2 Å². The molecule has 1 rings (SSSR count). The van der Waals surface area contributed by atoms with Crippen molar-refractivity contribution in [2.24, 2.45) is 12.8 Å². The summed E-state index contributed by atoms with van der Waals surface area (Å²) in [7, 11) is 1.92. The average molecular weight is 226 g/mol.